The number of hydrogen-bond donors (Lipinski definition) is 4. The fourth-order valence-electron chi connectivity index (χ4n) is 3.89. The minimum atomic E-state index is -0.230. The van der Waals surface area contributed by atoms with Gasteiger partial charge in [-0.25, -0.2) is 4.79 Å². The SMILES string of the molecule is COc1cccc(CNC(=O)NC2CCc3cc(C(=O)Nc4ccccc4N)ccc32)c1. The smallest absolute Gasteiger partial charge is 0.315 e. The van der Waals surface area contributed by atoms with Gasteiger partial charge >= 0.3 is 6.03 Å². The number of aryl methyl sites for hydroxylation is 1. The van der Waals surface area contributed by atoms with E-state index in [1.807, 2.05) is 48.5 Å². The lowest BCUT2D eigenvalue weighted by molar-refractivity contribution is 0.102. The normalized spacial score (nSPS) is 14.3. The largest absolute Gasteiger partial charge is 0.497 e. The van der Waals surface area contributed by atoms with E-state index in [-0.39, 0.29) is 18.0 Å². The summed E-state index contributed by atoms with van der Waals surface area (Å²) in [6.07, 6.45) is 1.59. The van der Waals surface area contributed by atoms with Gasteiger partial charge in [-0.15, -0.1) is 0 Å². The maximum absolute atomic E-state index is 12.6. The molecule has 3 amide bonds. The number of ether oxygens (including phenoxy) is 1. The summed E-state index contributed by atoms with van der Waals surface area (Å²) in [6, 6.07) is 20.0. The van der Waals surface area contributed by atoms with Gasteiger partial charge in [0.05, 0.1) is 24.5 Å². The number of nitrogens with two attached hydrogens (primary N) is 1. The van der Waals surface area contributed by atoms with E-state index in [2.05, 4.69) is 16.0 Å². The van der Waals surface area contributed by atoms with Crippen LogP contribution in [0.15, 0.2) is 66.7 Å². The highest BCUT2D eigenvalue weighted by Gasteiger charge is 2.25. The van der Waals surface area contributed by atoms with Crippen LogP contribution in [0.1, 0.15) is 39.5 Å². The van der Waals surface area contributed by atoms with Crippen molar-refractivity contribution in [3.8, 4) is 5.75 Å². The third-order valence-electron chi connectivity index (χ3n) is 5.58. The molecule has 1 atom stereocenters. The Morgan fingerprint density at radius 3 is 2.72 bits per heavy atom. The predicted molar refractivity (Wildman–Crippen MR) is 125 cm³/mol. The summed E-state index contributed by atoms with van der Waals surface area (Å²) in [5, 5.41) is 8.77. The molecule has 0 fully saturated rings. The molecule has 0 heterocycles. The molecule has 0 aromatic heterocycles. The second kappa shape index (κ2) is 9.43. The fraction of sp³-hybridized carbons (Fsp3) is 0.200. The quantitative estimate of drug-likeness (QED) is 0.443. The number of benzene rings is 3. The summed E-state index contributed by atoms with van der Waals surface area (Å²) >= 11 is 0. The number of rotatable bonds is 6. The zero-order valence-electron chi connectivity index (χ0n) is 17.9. The highest BCUT2D eigenvalue weighted by Crippen LogP contribution is 2.32. The molecule has 3 aromatic carbocycles. The Kier molecular flexibility index (Phi) is 6.26. The minimum absolute atomic E-state index is 0.0859. The first kappa shape index (κ1) is 21.2. The Labute approximate surface area is 187 Å². The van der Waals surface area contributed by atoms with Crippen LogP contribution in [0, 0.1) is 0 Å². The van der Waals surface area contributed by atoms with E-state index in [1.165, 1.54) is 0 Å². The molecule has 0 spiro atoms. The molecule has 4 rings (SSSR count). The van der Waals surface area contributed by atoms with E-state index >= 15 is 0 Å². The van der Waals surface area contributed by atoms with E-state index in [9.17, 15) is 9.59 Å². The zero-order chi connectivity index (χ0) is 22.5. The van der Waals surface area contributed by atoms with Gasteiger partial charge in [0.25, 0.3) is 5.91 Å². The lowest BCUT2D eigenvalue weighted by Gasteiger charge is -2.16. The molecule has 164 valence electrons. The van der Waals surface area contributed by atoms with Crippen LogP contribution in [0.25, 0.3) is 0 Å². The van der Waals surface area contributed by atoms with Gasteiger partial charge < -0.3 is 26.4 Å². The molecule has 5 N–H and O–H groups in total. The summed E-state index contributed by atoms with van der Waals surface area (Å²) in [6.45, 7) is 0.407. The van der Waals surface area contributed by atoms with Gasteiger partial charge in [-0.05, 0) is 65.9 Å². The van der Waals surface area contributed by atoms with Gasteiger partial charge in [-0.2, -0.15) is 0 Å². The Morgan fingerprint density at radius 2 is 1.91 bits per heavy atom. The highest BCUT2D eigenvalue weighted by atomic mass is 16.5. The number of nitrogen functional groups attached to an aromatic ring is 1. The molecule has 7 nitrogen and oxygen atoms in total. The van der Waals surface area contributed by atoms with Crippen LogP contribution >= 0.6 is 0 Å². The number of anilines is 2. The van der Waals surface area contributed by atoms with Crippen LogP contribution in [0.2, 0.25) is 0 Å². The molecule has 0 aliphatic heterocycles. The van der Waals surface area contributed by atoms with Crippen LogP contribution in [-0.2, 0) is 13.0 Å². The van der Waals surface area contributed by atoms with Crippen LogP contribution in [0.4, 0.5) is 16.2 Å². The maximum atomic E-state index is 12.6. The molecule has 1 unspecified atom stereocenters. The van der Waals surface area contributed by atoms with Gasteiger partial charge in [-0.3, -0.25) is 4.79 Å². The molecule has 0 radical (unpaired) electrons. The van der Waals surface area contributed by atoms with Crippen LogP contribution in [0.5, 0.6) is 5.75 Å². The lowest BCUT2D eigenvalue weighted by Crippen LogP contribution is -2.36. The lowest BCUT2D eigenvalue weighted by atomic mass is 10.0. The number of urea groups is 1. The monoisotopic (exact) mass is 430 g/mol. The van der Waals surface area contributed by atoms with Crippen molar-refractivity contribution in [1.29, 1.82) is 0 Å². The zero-order valence-corrected chi connectivity index (χ0v) is 17.9. The number of nitrogens with one attached hydrogen (secondary N) is 3. The average Bonchev–Trinajstić information content (AvgIpc) is 3.21. The number of carbonyl (C=O) groups excluding carboxylic acids is 2. The van der Waals surface area contributed by atoms with Crippen molar-refractivity contribution >= 4 is 23.3 Å². The van der Waals surface area contributed by atoms with Crippen molar-refractivity contribution in [2.24, 2.45) is 0 Å². The molecule has 7 heteroatoms. The first-order valence-corrected chi connectivity index (χ1v) is 10.5. The molecular formula is C25H26N4O3. The third-order valence-corrected chi connectivity index (χ3v) is 5.58. The number of para-hydroxylation sites is 2. The standard InChI is InChI=1S/C25H26N4O3/c1-32-19-6-4-5-16(13-19)15-27-25(31)29-22-12-10-17-14-18(9-11-20(17)22)24(30)28-23-8-3-2-7-21(23)26/h2-9,11,13-14,22H,10,12,15,26H2,1H3,(H,28,30)(H2,27,29,31). The number of carbonyl (C=O) groups is 2. The average molecular weight is 431 g/mol. The summed E-state index contributed by atoms with van der Waals surface area (Å²) in [7, 11) is 1.61. The number of fused-ring (bicyclic) bond motifs is 1. The molecular weight excluding hydrogens is 404 g/mol. The molecule has 3 aromatic rings. The van der Waals surface area contributed by atoms with Gasteiger partial charge in [0.1, 0.15) is 5.75 Å². The van der Waals surface area contributed by atoms with E-state index in [4.69, 9.17) is 10.5 Å². The Morgan fingerprint density at radius 1 is 1.06 bits per heavy atom. The van der Waals surface area contributed by atoms with Crippen LogP contribution in [0.3, 0.4) is 0 Å². The summed E-state index contributed by atoms with van der Waals surface area (Å²) in [5.41, 5.74) is 10.6. The topological polar surface area (TPSA) is 105 Å². The van der Waals surface area contributed by atoms with Crippen molar-refractivity contribution in [2.75, 3.05) is 18.2 Å². The van der Waals surface area contributed by atoms with Crippen LogP contribution < -0.4 is 26.4 Å². The van der Waals surface area contributed by atoms with Crippen molar-refractivity contribution in [3.63, 3.8) is 0 Å². The number of methoxy groups -OCH3 is 1. The van der Waals surface area contributed by atoms with Gasteiger partial charge in [0.2, 0.25) is 0 Å². The second-order valence-electron chi connectivity index (χ2n) is 7.72. The molecule has 0 saturated carbocycles. The second-order valence-corrected chi connectivity index (χ2v) is 7.72. The van der Waals surface area contributed by atoms with E-state index in [0.29, 0.717) is 23.5 Å². The summed E-state index contributed by atoms with van der Waals surface area (Å²) in [4.78, 5) is 25.1. The third kappa shape index (κ3) is 4.83. The van der Waals surface area contributed by atoms with Crippen molar-refractivity contribution < 1.29 is 14.3 Å². The maximum Gasteiger partial charge on any atom is 0.315 e. The Hall–Kier alpha value is -4.00. The molecule has 0 saturated heterocycles. The molecule has 1 aliphatic rings. The molecule has 1 aliphatic carbocycles. The number of amides is 3. The first-order valence-electron chi connectivity index (χ1n) is 10.5. The predicted octanol–water partition coefficient (Wildman–Crippen LogP) is 4.02. The Bertz CT molecular complexity index is 1150. The minimum Gasteiger partial charge on any atom is -0.497 e. The van der Waals surface area contributed by atoms with E-state index in [1.54, 1.807) is 25.3 Å². The van der Waals surface area contributed by atoms with Crippen molar-refractivity contribution in [1.82, 2.24) is 10.6 Å². The van der Waals surface area contributed by atoms with E-state index in [0.717, 1.165) is 35.3 Å². The van der Waals surface area contributed by atoms with Crippen molar-refractivity contribution in [2.45, 2.75) is 25.4 Å². The molecule has 0 bridgehead atoms. The van der Waals surface area contributed by atoms with Crippen molar-refractivity contribution in [3.05, 3.63) is 89.0 Å². The van der Waals surface area contributed by atoms with Gasteiger partial charge in [0.15, 0.2) is 0 Å². The van der Waals surface area contributed by atoms with Gasteiger partial charge in [0, 0.05) is 12.1 Å². The van der Waals surface area contributed by atoms with Gasteiger partial charge in [-0.1, -0.05) is 30.3 Å². The first-order chi connectivity index (χ1) is 15.5. The highest BCUT2D eigenvalue weighted by molar-refractivity contribution is 6.05. The van der Waals surface area contributed by atoms with E-state index < -0.39 is 0 Å². The molecule has 32 heavy (non-hydrogen) atoms. The fourth-order valence-corrected chi connectivity index (χ4v) is 3.89. The van der Waals surface area contributed by atoms with Crippen LogP contribution in [-0.4, -0.2) is 19.0 Å². The number of hydrogen-bond acceptors (Lipinski definition) is 4. The summed E-state index contributed by atoms with van der Waals surface area (Å²) in [5.74, 6) is 0.544. The summed E-state index contributed by atoms with van der Waals surface area (Å²) < 4.78 is 5.21. The Balaban J connectivity index is 1.36.